The summed E-state index contributed by atoms with van der Waals surface area (Å²) < 4.78 is 0. The van der Waals surface area contributed by atoms with Crippen LogP contribution in [0.15, 0.2) is 48.5 Å². The Hall–Kier alpha value is -2.55. The second-order valence-corrected chi connectivity index (χ2v) is 4.19. The zero-order valence-corrected chi connectivity index (χ0v) is 9.42. The summed E-state index contributed by atoms with van der Waals surface area (Å²) in [7, 11) is 0. The largest absolute Gasteiger partial charge is 0.507 e. The third-order valence-corrected chi connectivity index (χ3v) is 3.08. The standard InChI is InChI=1S/C15H10O3/c16-14-12-4-2-1-3-9(12)7-10-5-6-11(15(17)18)8-13(10)14/h1-8,16H,(H,17,18). The van der Waals surface area contributed by atoms with E-state index in [9.17, 15) is 9.90 Å². The van der Waals surface area contributed by atoms with Crippen LogP contribution >= 0.6 is 0 Å². The maximum Gasteiger partial charge on any atom is 0.335 e. The summed E-state index contributed by atoms with van der Waals surface area (Å²) in [5, 5.41) is 22.2. The Morgan fingerprint density at radius 1 is 0.889 bits per heavy atom. The topological polar surface area (TPSA) is 57.5 Å². The average molecular weight is 238 g/mol. The third-order valence-electron chi connectivity index (χ3n) is 3.08. The van der Waals surface area contributed by atoms with Gasteiger partial charge < -0.3 is 10.2 Å². The normalized spacial score (nSPS) is 10.9. The summed E-state index contributed by atoms with van der Waals surface area (Å²) in [4.78, 5) is 10.9. The molecule has 0 saturated carbocycles. The van der Waals surface area contributed by atoms with Gasteiger partial charge in [-0.3, -0.25) is 0 Å². The fourth-order valence-corrected chi connectivity index (χ4v) is 2.17. The molecule has 0 unspecified atom stereocenters. The van der Waals surface area contributed by atoms with Crippen molar-refractivity contribution in [1.82, 2.24) is 0 Å². The first-order valence-electron chi connectivity index (χ1n) is 5.54. The molecule has 0 radical (unpaired) electrons. The van der Waals surface area contributed by atoms with E-state index in [0.29, 0.717) is 5.39 Å². The molecular weight excluding hydrogens is 228 g/mol. The number of hydrogen-bond donors (Lipinski definition) is 2. The lowest BCUT2D eigenvalue weighted by molar-refractivity contribution is 0.0697. The van der Waals surface area contributed by atoms with E-state index < -0.39 is 5.97 Å². The third kappa shape index (κ3) is 1.49. The van der Waals surface area contributed by atoms with E-state index >= 15 is 0 Å². The van der Waals surface area contributed by atoms with Crippen LogP contribution in [0.2, 0.25) is 0 Å². The molecule has 3 aromatic carbocycles. The highest BCUT2D eigenvalue weighted by Gasteiger charge is 2.09. The molecule has 3 rings (SSSR count). The van der Waals surface area contributed by atoms with Crippen molar-refractivity contribution in [3.63, 3.8) is 0 Å². The molecule has 0 aliphatic rings. The maximum absolute atomic E-state index is 10.9. The Balaban J connectivity index is 2.45. The van der Waals surface area contributed by atoms with Crippen molar-refractivity contribution in [2.45, 2.75) is 0 Å². The van der Waals surface area contributed by atoms with E-state index in [4.69, 9.17) is 5.11 Å². The van der Waals surface area contributed by atoms with E-state index in [1.807, 2.05) is 30.3 Å². The van der Waals surface area contributed by atoms with Crippen LogP contribution in [-0.2, 0) is 0 Å². The van der Waals surface area contributed by atoms with E-state index in [2.05, 4.69) is 0 Å². The molecule has 2 N–H and O–H groups in total. The van der Waals surface area contributed by atoms with E-state index in [0.717, 1.165) is 16.2 Å². The molecule has 3 nitrogen and oxygen atoms in total. The van der Waals surface area contributed by atoms with Gasteiger partial charge in [0.1, 0.15) is 5.75 Å². The first-order chi connectivity index (χ1) is 8.66. The minimum absolute atomic E-state index is 0.131. The number of phenols is 1. The highest BCUT2D eigenvalue weighted by molar-refractivity contribution is 6.06. The van der Waals surface area contributed by atoms with Crippen LogP contribution in [0.25, 0.3) is 21.5 Å². The molecule has 0 fully saturated rings. The molecule has 0 amide bonds. The molecular formula is C15H10O3. The van der Waals surface area contributed by atoms with Crippen molar-refractivity contribution in [1.29, 1.82) is 0 Å². The highest BCUT2D eigenvalue weighted by atomic mass is 16.4. The summed E-state index contributed by atoms with van der Waals surface area (Å²) in [5.41, 5.74) is 0.174. The van der Waals surface area contributed by atoms with Crippen LogP contribution in [0.4, 0.5) is 0 Å². The maximum atomic E-state index is 10.9. The van der Waals surface area contributed by atoms with Gasteiger partial charge in [-0.15, -0.1) is 0 Å². The second-order valence-electron chi connectivity index (χ2n) is 4.19. The Kier molecular flexibility index (Phi) is 2.20. The molecule has 0 aliphatic carbocycles. The van der Waals surface area contributed by atoms with Crippen molar-refractivity contribution in [2.24, 2.45) is 0 Å². The number of rotatable bonds is 1. The number of aromatic hydroxyl groups is 1. The Morgan fingerprint density at radius 3 is 2.39 bits per heavy atom. The smallest absolute Gasteiger partial charge is 0.335 e. The number of aromatic carboxylic acids is 1. The van der Waals surface area contributed by atoms with Crippen LogP contribution in [0.5, 0.6) is 5.75 Å². The van der Waals surface area contributed by atoms with Gasteiger partial charge in [0, 0.05) is 10.8 Å². The molecule has 18 heavy (non-hydrogen) atoms. The lowest BCUT2D eigenvalue weighted by Crippen LogP contribution is -1.95. The van der Waals surface area contributed by atoms with Gasteiger partial charge in [0.05, 0.1) is 5.56 Å². The van der Waals surface area contributed by atoms with Crippen LogP contribution in [0.3, 0.4) is 0 Å². The molecule has 0 saturated heterocycles. The van der Waals surface area contributed by atoms with Crippen LogP contribution in [0, 0.1) is 0 Å². The van der Waals surface area contributed by atoms with Crippen molar-refractivity contribution in [3.8, 4) is 5.75 Å². The lowest BCUT2D eigenvalue weighted by Gasteiger charge is -2.07. The van der Waals surface area contributed by atoms with E-state index in [1.165, 1.54) is 6.07 Å². The van der Waals surface area contributed by atoms with Crippen LogP contribution < -0.4 is 0 Å². The van der Waals surface area contributed by atoms with Gasteiger partial charge >= 0.3 is 5.97 Å². The minimum Gasteiger partial charge on any atom is -0.507 e. The summed E-state index contributed by atoms with van der Waals surface area (Å²) in [6.07, 6.45) is 0. The monoisotopic (exact) mass is 238 g/mol. The first-order valence-corrected chi connectivity index (χ1v) is 5.54. The van der Waals surface area contributed by atoms with Crippen molar-refractivity contribution in [3.05, 3.63) is 54.1 Å². The fourth-order valence-electron chi connectivity index (χ4n) is 2.17. The molecule has 0 aromatic heterocycles. The molecule has 0 atom stereocenters. The van der Waals surface area contributed by atoms with Crippen molar-refractivity contribution >= 4 is 27.5 Å². The van der Waals surface area contributed by atoms with Gasteiger partial charge in [0.2, 0.25) is 0 Å². The zero-order valence-electron chi connectivity index (χ0n) is 9.42. The quantitative estimate of drug-likeness (QED) is 0.639. The predicted octanol–water partition coefficient (Wildman–Crippen LogP) is 3.40. The van der Waals surface area contributed by atoms with Gasteiger partial charge in [-0.2, -0.15) is 0 Å². The molecule has 0 aliphatic heterocycles. The van der Waals surface area contributed by atoms with Crippen LogP contribution in [0.1, 0.15) is 10.4 Å². The minimum atomic E-state index is -0.996. The Labute approximate surface area is 103 Å². The second kappa shape index (κ2) is 3.74. The SMILES string of the molecule is O=C(O)c1ccc2cc3ccccc3c(O)c2c1. The molecule has 3 heteroatoms. The van der Waals surface area contributed by atoms with E-state index in [-0.39, 0.29) is 11.3 Å². The summed E-state index contributed by atoms with van der Waals surface area (Å²) >= 11 is 0. The number of carbonyl (C=O) groups is 1. The van der Waals surface area contributed by atoms with Gasteiger partial charge in [0.25, 0.3) is 0 Å². The molecule has 0 heterocycles. The molecule has 0 bridgehead atoms. The van der Waals surface area contributed by atoms with Crippen molar-refractivity contribution in [2.75, 3.05) is 0 Å². The summed E-state index contributed by atoms with van der Waals surface area (Å²) in [6, 6.07) is 14.2. The first kappa shape index (κ1) is 10.6. The average Bonchev–Trinajstić information content (AvgIpc) is 2.38. The van der Waals surface area contributed by atoms with Gasteiger partial charge in [-0.05, 0) is 29.0 Å². The Morgan fingerprint density at radius 2 is 1.61 bits per heavy atom. The zero-order chi connectivity index (χ0) is 12.7. The summed E-state index contributed by atoms with van der Waals surface area (Å²) in [5.74, 6) is -0.865. The number of carboxylic acids is 1. The van der Waals surface area contributed by atoms with Gasteiger partial charge in [-0.1, -0.05) is 30.3 Å². The van der Waals surface area contributed by atoms with Gasteiger partial charge in [0.15, 0.2) is 0 Å². The van der Waals surface area contributed by atoms with Gasteiger partial charge in [-0.25, -0.2) is 4.79 Å². The molecule has 0 spiro atoms. The Bertz CT molecular complexity index is 775. The summed E-state index contributed by atoms with van der Waals surface area (Å²) in [6.45, 7) is 0. The number of benzene rings is 3. The van der Waals surface area contributed by atoms with Crippen LogP contribution in [-0.4, -0.2) is 16.2 Å². The van der Waals surface area contributed by atoms with E-state index in [1.54, 1.807) is 12.1 Å². The number of phenolic OH excluding ortho intramolecular Hbond substituents is 1. The van der Waals surface area contributed by atoms with Crippen molar-refractivity contribution < 1.29 is 15.0 Å². The predicted molar refractivity (Wildman–Crippen MR) is 70.1 cm³/mol. The molecule has 3 aromatic rings. The number of carboxylic acid groups (broad SMARTS) is 1. The number of fused-ring (bicyclic) bond motifs is 2. The number of hydrogen-bond acceptors (Lipinski definition) is 2. The lowest BCUT2D eigenvalue weighted by atomic mass is 10.0. The fraction of sp³-hybridized carbons (Fsp3) is 0. The molecule has 88 valence electrons. The highest BCUT2D eigenvalue weighted by Crippen LogP contribution is 2.34.